The molecule has 0 unspecified atom stereocenters. The van der Waals surface area contributed by atoms with Crippen LogP contribution in [0, 0.1) is 10.1 Å². The Kier molecular flexibility index (Phi) is 4.30. The van der Waals surface area contributed by atoms with Crippen molar-refractivity contribution in [1.82, 2.24) is 5.32 Å². The van der Waals surface area contributed by atoms with E-state index in [0.717, 1.165) is 12.3 Å². The molecular formula is C12H11N3O3S. The van der Waals surface area contributed by atoms with E-state index in [9.17, 15) is 14.9 Å². The van der Waals surface area contributed by atoms with Crippen molar-refractivity contribution in [2.75, 3.05) is 12.3 Å². The lowest BCUT2D eigenvalue weighted by atomic mass is 10.2. The van der Waals surface area contributed by atoms with Gasteiger partial charge in [-0.15, -0.1) is 0 Å². The normalized spacial score (nSPS) is 14.4. The van der Waals surface area contributed by atoms with Crippen LogP contribution >= 0.6 is 11.8 Å². The van der Waals surface area contributed by atoms with Crippen LogP contribution in [0.4, 0.5) is 5.69 Å². The van der Waals surface area contributed by atoms with Crippen LogP contribution in [0.25, 0.3) is 6.08 Å². The molecule has 0 spiro atoms. The van der Waals surface area contributed by atoms with E-state index in [1.807, 2.05) is 0 Å². The van der Waals surface area contributed by atoms with Crippen molar-refractivity contribution < 1.29 is 9.72 Å². The van der Waals surface area contributed by atoms with E-state index < -0.39 is 4.92 Å². The average molecular weight is 277 g/mol. The summed E-state index contributed by atoms with van der Waals surface area (Å²) in [7, 11) is 0. The summed E-state index contributed by atoms with van der Waals surface area (Å²) in [6.07, 6.45) is 2.86. The number of nitrogens with one attached hydrogen (secondary N) is 1. The molecule has 1 aromatic carbocycles. The third-order valence-corrected chi connectivity index (χ3v) is 3.22. The molecule has 19 heavy (non-hydrogen) atoms. The van der Waals surface area contributed by atoms with Gasteiger partial charge in [-0.3, -0.25) is 19.9 Å². The molecule has 6 nitrogen and oxygen atoms in total. The largest absolute Gasteiger partial charge is 0.302 e. The number of thioether (sulfide) groups is 1. The van der Waals surface area contributed by atoms with Crippen LogP contribution in [0.5, 0.6) is 0 Å². The molecular weight excluding hydrogens is 266 g/mol. The molecule has 0 aliphatic carbocycles. The number of rotatable bonds is 3. The molecule has 0 fully saturated rings. The summed E-state index contributed by atoms with van der Waals surface area (Å²) in [5, 5.41) is 13.9. The van der Waals surface area contributed by atoms with Gasteiger partial charge in [0.2, 0.25) is 5.91 Å². The van der Waals surface area contributed by atoms with Crippen LogP contribution < -0.4 is 5.32 Å². The first-order valence-corrected chi connectivity index (χ1v) is 6.54. The maximum absolute atomic E-state index is 11.6. The molecule has 1 aromatic rings. The summed E-state index contributed by atoms with van der Waals surface area (Å²) in [5.41, 5.74) is 0.601. The molecule has 0 bridgehead atoms. The standard InChI is InChI=1S/C12H11N3O3S/c16-11(14-12-13-6-7-19-12)5-4-9-2-1-3-10(8-9)15(17)18/h1-5,8H,6-7H2,(H,13,14,16). The fourth-order valence-corrected chi connectivity index (χ4v) is 2.20. The Morgan fingerprint density at radius 3 is 3.05 bits per heavy atom. The van der Waals surface area contributed by atoms with Crippen LogP contribution in [0.1, 0.15) is 5.56 Å². The van der Waals surface area contributed by atoms with Gasteiger partial charge in [0.05, 0.1) is 11.5 Å². The van der Waals surface area contributed by atoms with E-state index in [0.29, 0.717) is 10.7 Å². The first-order chi connectivity index (χ1) is 9.15. The Morgan fingerprint density at radius 1 is 1.53 bits per heavy atom. The fraction of sp³-hybridized carbons (Fsp3) is 0.167. The third kappa shape index (κ3) is 3.92. The number of amides is 1. The first kappa shape index (κ1) is 13.3. The SMILES string of the molecule is O=C(C=Cc1cccc([N+](=O)[O-])c1)NC1=NCCS1. The van der Waals surface area contributed by atoms with Gasteiger partial charge in [0.15, 0.2) is 5.17 Å². The molecule has 0 aromatic heterocycles. The van der Waals surface area contributed by atoms with Gasteiger partial charge in [-0.25, -0.2) is 0 Å². The molecule has 1 heterocycles. The van der Waals surface area contributed by atoms with E-state index in [1.54, 1.807) is 12.1 Å². The van der Waals surface area contributed by atoms with E-state index in [4.69, 9.17) is 0 Å². The predicted octanol–water partition coefficient (Wildman–Crippen LogP) is 1.83. The minimum absolute atomic E-state index is 0.00159. The lowest BCUT2D eigenvalue weighted by Crippen LogP contribution is -2.25. The highest BCUT2D eigenvalue weighted by Crippen LogP contribution is 2.14. The van der Waals surface area contributed by atoms with Crippen molar-refractivity contribution in [2.45, 2.75) is 0 Å². The zero-order chi connectivity index (χ0) is 13.7. The number of carbonyl (C=O) groups is 1. The molecule has 0 saturated heterocycles. The lowest BCUT2D eigenvalue weighted by molar-refractivity contribution is -0.384. The highest BCUT2D eigenvalue weighted by Gasteiger charge is 2.08. The topological polar surface area (TPSA) is 84.6 Å². The number of nitro benzene ring substituents is 1. The smallest absolute Gasteiger partial charge is 0.270 e. The van der Waals surface area contributed by atoms with E-state index in [1.165, 1.54) is 36.0 Å². The average Bonchev–Trinajstić information content (AvgIpc) is 2.89. The zero-order valence-corrected chi connectivity index (χ0v) is 10.7. The maximum atomic E-state index is 11.6. The quantitative estimate of drug-likeness (QED) is 0.519. The minimum Gasteiger partial charge on any atom is -0.302 e. The molecule has 2 rings (SSSR count). The summed E-state index contributed by atoms with van der Waals surface area (Å²) in [6.45, 7) is 0.717. The Bertz CT molecular complexity index is 569. The summed E-state index contributed by atoms with van der Waals surface area (Å²) in [5.74, 6) is 0.587. The Hall–Kier alpha value is -2.15. The Labute approximate surface area is 113 Å². The van der Waals surface area contributed by atoms with Gasteiger partial charge in [0, 0.05) is 24.0 Å². The van der Waals surface area contributed by atoms with Crippen molar-refractivity contribution >= 4 is 34.6 Å². The number of non-ortho nitro benzene ring substituents is 1. The molecule has 1 aliphatic rings. The maximum Gasteiger partial charge on any atom is 0.270 e. The predicted molar refractivity (Wildman–Crippen MR) is 75.0 cm³/mol. The number of benzene rings is 1. The van der Waals surface area contributed by atoms with Gasteiger partial charge < -0.3 is 5.32 Å². The van der Waals surface area contributed by atoms with Gasteiger partial charge in [0.25, 0.3) is 5.69 Å². The summed E-state index contributed by atoms with van der Waals surface area (Å²) in [4.78, 5) is 25.8. The van der Waals surface area contributed by atoms with Crippen LogP contribution in [-0.4, -0.2) is 28.3 Å². The minimum atomic E-state index is -0.471. The summed E-state index contributed by atoms with van der Waals surface area (Å²) < 4.78 is 0. The molecule has 1 aliphatic heterocycles. The van der Waals surface area contributed by atoms with E-state index >= 15 is 0 Å². The fourth-order valence-electron chi connectivity index (χ4n) is 1.47. The van der Waals surface area contributed by atoms with Crippen molar-refractivity contribution in [1.29, 1.82) is 0 Å². The second kappa shape index (κ2) is 6.14. The number of nitrogens with zero attached hydrogens (tertiary/aromatic N) is 2. The van der Waals surface area contributed by atoms with Gasteiger partial charge in [-0.05, 0) is 11.6 Å². The van der Waals surface area contributed by atoms with Crippen LogP contribution in [0.2, 0.25) is 0 Å². The number of amidine groups is 1. The third-order valence-electron chi connectivity index (χ3n) is 2.32. The molecule has 0 radical (unpaired) electrons. The molecule has 7 heteroatoms. The van der Waals surface area contributed by atoms with Gasteiger partial charge in [-0.2, -0.15) is 0 Å². The van der Waals surface area contributed by atoms with Crippen LogP contribution in [-0.2, 0) is 4.79 Å². The second-order valence-electron chi connectivity index (χ2n) is 3.71. The monoisotopic (exact) mass is 277 g/mol. The zero-order valence-electron chi connectivity index (χ0n) is 9.91. The van der Waals surface area contributed by atoms with Crippen LogP contribution in [0.15, 0.2) is 35.3 Å². The van der Waals surface area contributed by atoms with Gasteiger partial charge in [0.1, 0.15) is 0 Å². The lowest BCUT2D eigenvalue weighted by Gasteiger charge is -1.99. The molecule has 1 N–H and O–H groups in total. The highest BCUT2D eigenvalue weighted by molar-refractivity contribution is 8.14. The first-order valence-electron chi connectivity index (χ1n) is 5.56. The Morgan fingerprint density at radius 2 is 2.37 bits per heavy atom. The van der Waals surface area contributed by atoms with Crippen molar-refractivity contribution in [3.8, 4) is 0 Å². The highest BCUT2D eigenvalue weighted by atomic mass is 32.2. The van der Waals surface area contributed by atoms with Gasteiger partial charge in [-0.1, -0.05) is 23.9 Å². The molecule has 0 atom stereocenters. The number of hydrogen-bond acceptors (Lipinski definition) is 5. The van der Waals surface area contributed by atoms with Gasteiger partial charge >= 0.3 is 0 Å². The van der Waals surface area contributed by atoms with Crippen LogP contribution in [0.3, 0.4) is 0 Å². The number of carbonyl (C=O) groups excluding carboxylic acids is 1. The number of nitro groups is 1. The molecule has 0 saturated carbocycles. The van der Waals surface area contributed by atoms with Crippen molar-refractivity contribution in [3.05, 3.63) is 46.0 Å². The number of hydrogen-bond donors (Lipinski definition) is 1. The van der Waals surface area contributed by atoms with E-state index in [2.05, 4.69) is 10.3 Å². The summed E-state index contributed by atoms with van der Waals surface area (Å²) >= 11 is 1.49. The second-order valence-corrected chi connectivity index (χ2v) is 4.79. The van der Waals surface area contributed by atoms with Crippen molar-refractivity contribution in [3.63, 3.8) is 0 Å². The summed E-state index contributed by atoms with van der Waals surface area (Å²) in [6, 6.07) is 6.08. The Balaban J connectivity index is 1.99. The molecule has 98 valence electrons. The van der Waals surface area contributed by atoms with Crippen molar-refractivity contribution in [2.24, 2.45) is 4.99 Å². The van der Waals surface area contributed by atoms with E-state index in [-0.39, 0.29) is 11.6 Å². The molecule has 1 amide bonds. The number of aliphatic imine (C=N–C) groups is 1.